The van der Waals surface area contributed by atoms with Gasteiger partial charge in [0, 0.05) is 5.57 Å². The lowest BCUT2D eigenvalue weighted by Crippen LogP contribution is -2.25. The molecule has 3 aromatic carbocycles. The Morgan fingerprint density at radius 3 is 1.82 bits per heavy atom. The van der Waals surface area contributed by atoms with Crippen molar-refractivity contribution in [3.05, 3.63) is 84.4 Å². The van der Waals surface area contributed by atoms with E-state index in [0.29, 0.717) is 17.1 Å². The standard InChI is InChI=1S/C29H30O4/c1-7-20-18-25(33-28(31)29(4,5)6)16-17-26(20)23-10-8-21(9-11-23)22-12-14-24(15-13-22)32-27(30)19(2)3/h8-18H,2,7H2,1,3-6H3. The topological polar surface area (TPSA) is 52.6 Å². The summed E-state index contributed by atoms with van der Waals surface area (Å²) in [5.41, 5.74) is 5.22. The molecule has 0 radical (unpaired) electrons. The molecule has 0 saturated carbocycles. The van der Waals surface area contributed by atoms with Gasteiger partial charge in [-0.2, -0.15) is 0 Å². The second kappa shape index (κ2) is 9.86. The van der Waals surface area contributed by atoms with E-state index in [1.54, 1.807) is 19.1 Å². The highest BCUT2D eigenvalue weighted by Crippen LogP contribution is 2.31. The number of carbonyl (C=O) groups excluding carboxylic acids is 2. The normalized spacial score (nSPS) is 11.1. The highest BCUT2D eigenvalue weighted by Gasteiger charge is 2.24. The van der Waals surface area contributed by atoms with Gasteiger partial charge in [-0.05, 0) is 86.2 Å². The van der Waals surface area contributed by atoms with Crippen LogP contribution in [0.25, 0.3) is 22.3 Å². The fourth-order valence-corrected chi connectivity index (χ4v) is 3.22. The Kier molecular flexibility index (Phi) is 7.17. The van der Waals surface area contributed by atoms with E-state index in [4.69, 9.17) is 9.47 Å². The van der Waals surface area contributed by atoms with Gasteiger partial charge in [-0.3, -0.25) is 4.79 Å². The van der Waals surface area contributed by atoms with Gasteiger partial charge in [-0.25, -0.2) is 4.79 Å². The zero-order chi connectivity index (χ0) is 24.2. The van der Waals surface area contributed by atoms with Crippen LogP contribution in [0.15, 0.2) is 78.9 Å². The van der Waals surface area contributed by atoms with Crippen LogP contribution in [0.5, 0.6) is 11.5 Å². The fraction of sp³-hybridized carbons (Fsp3) is 0.241. The first kappa shape index (κ1) is 24.0. The largest absolute Gasteiger partial charge is 0.426 e. The number of hydrogen-bond donors (Lipinski definition) is 0. The second-order valence-electron chi connectivity index (χ2n) is 9.08. The minimum absolute atomic E-state index is 0.248. The van der Waals surface area contributed by atoms with Crippen LogP contribution in [0, 0.1) is 5.41 Å². The molecule has 0 spiro atoms. The summed E-state index contributed by atoms with van der Waals surface area (Å²) in [6, 6.07) is 21.5. The van der Waals surface area contributed by atoms with Gasteiger partial charge in [0.2, 0.25) is 0 Å². The third-order valence-electron chi connectivity index (χ3n) is 5.22. The van der Waals surface area contributed by atoms with Gasteiger partial charge in [0.25, 0.3) is 0 Å². The molecule has 0 aromatic heterocycles. The molecule has 0 fully saturated rings. The van der Waals surface area contributed by atoms with Crippen LogP contribution in [-0.4, -0.2) is 11.9 Å². The average molecular weight is 443 g/mol. The number of ether oxygens (including phenoxy) is 2. The number of hydrogen-bond acceptors (Lipinski definition) is 4. The van der Waals surface area contributed by atoms with Crippen LogP contribution < -0.4 is 9.47 Å². The molecule has 0 saturated heterocycles. The van der Waals surface area contributed by atoms with Gasteiger partial charge in [-0.15, -0.1) is 0 Å². The number of benzene rings is 3. The SMILES string of the molecule is C=C(C)C(=O)Oc1ccc(-c2ccc(-c3ccc(OC(=O)C(C)(C)C)cc3CC)cc2)cc1. The van der Waals surface area contributed by atoms with Gasteiger partial charge >= 0.3 is 11.9 Å². The van der Waals surface area contributed by atoms with E-state index in [0.717, 1.165) is 34.2 Å². The minimum Gasteiger partial charge on any atom is -0.426 e. The van der Waals surface area contributed by atoms with Crippen LogP contribution in [0.3, 0.4) is 0 Å². The van der Waals surface area contributed by atoms with Crippen molar-refractivity contribution in [3.8, 4) is 33.8 Å². The van der Waals surface area contributed by atoms with Crippen molar-refractivity contribution < 1.29 is 19.1 Å². The van der Waals surface area contributed by atoms with Crippen LogP contribution in [-0.2, 0) is 16.0 Å². The van der Waals surface area contributed by atoms with E-state index >= 15 is 0 Å². The quantitative estimate of drug-likeness (QED) is 0.234. The molecule has 170 valence electrons. The van der Waals surface area contributed by atoms with Crippen LogP contribution in [0.4, 0.5) is 0 Å². The molecule has 0 bridgehead atoms. The molecule has 0 N–H and O–H groups in total. The summed E-state index contributed by atoms with van der Waals surface area (Å²) >= 11 is 0. The van der Waals surface area contributed by atoms with E-state index in [1.165, 1.54) is 0 Å². The van der Waals surface area contributed by atoms with Gasteiger partial charge in [0.1, 0.15) is 11.5 Å². The van der Waals surface area contributed by atoms with Crippen molar-refractivity contribution in [2.24, 2.45) is 5.41 Å². The molecule has 0 amide bonds. The molecule has 0 aliphatic rings. The van der Waals surface area contributed by atoms with Gasteiger partial charge in [0.05, 0.1) is 5.41 Å². The van der Waals surface area contributed by atoms with E-state index in [2.05, 4.69) is 37.8 Å². The lowest BCUT2D eigenvalue weighted by atomic mass is 9.95. The molecule has 3 rings (SSSR count). The zero-order valence-corrected chi connectivity index (χ0v) is 19.9. The highest BCUT2D eigenvalue weighted by atomic mass is 16.5. The Bertz CT molecular complexity index is 1160. The highest BCUT2D eigenvalue weighted by molar-refractivity contribution is 5.88. The lowest BCUT2D eigenvalue weighted by Gasteiger charge is -2.17. The predicted octanol–water partition coefficient (Wildman–Crippen LogP) is 7.02. The molecule has 33 heavy (non-hydrogen) atoms. The molecule has 4 nitrogen and oxygen atoms in total. The Morgan fingerprint density at radius 1 is 0.788 bits per heavy atom. The van der Waals surface area contributed by atoms with Crippen LogP contribution in [0.1, 0.15) is 40.2 Å². The monoisotopic (exact) mass is 442 g/mol. The lowest BCUT2D eigenvalue weighted by molar-refractivity contribution is -0.143. The first-order valence-corrected chi connectivity index (χ1v) is 11.0. The average Bonchev–Trinajstić information content (AvgIpc) is 2.79. The van der Waals surface area contributed by atoms with Crippen LogP contribution >= 0.6 is 0 Å². The number of aryl methyl sites for hydroxylation is 1. The summed E-state index contributed by atoms with van der Waals surface area (Å²) in [5.74, 6) is 0.378. The molecular weight excluding hydrogens is 412 g/mol. The molecule has 0 atom stereocenters. The summed E-state index contributed by atoms with van der Waals surface area (Å²) in [6.45, 7) is 12.8. The summed E-state index contributed by atoms with van der Waals surface area (Å²) in [5, 5.41) is 0. The molecule has 3 aromatic rings. The first-order valence-electron chi connectivity index (χ1n) is 11.0. The smallest absolute Gasteiger partial charge is 0.338 e. The summed E-state index contributed by atoms with van der Waals surface area (Å²) in [4.78, 5) is 23.9. The first-order chi connectivity index (χ1) is 15.6. The second-order valence-corrected chi connectivity index (χ2v) is 9.08. The molecule has 0 aliphatic heterocycles. The maximum Gasteiger partial charge on any atom is 0.338 e. The van der Waals surface area contributed by atoms with E-state index in [9.17, 15) is 9.59 Å². The Labute approximate surface area is 195 Å². The molecule has 0 unspecified atom stereocenters. The van der Waals surface area contributed by atoms with Gasteiger partial charge < -0.3 is 9.47 Å². The molecule has 0 heterocycles. The minimum atomic E-state index is -0.550. The summed E-state index contributed by atoms with van der Waals surface area (Å²) in [6.07, 6.45) is 0.822. The maximum absolute atomic E-state index is 12.2. The summed E-state index contributed by atoms with van der Waals surface area (Å²) < 4.78 is 10.8. The third-order valence-corrected chi connectivity index (χ3v) is 5.22. The Hall–Kier alpha value is -3.66. The Morgan fingerprint density at radius 2 is 1.30 bits per heavy atom. The van der Waals surface area contributed by atoms with E-state index in [1.807, 2.05) is 51.1 Å². The van der Waals surface area contributed by atoms with Crippen molar-refractivity contribution in [3.63, 3.8) is 0 Å². The third kappa shape index (κ3) is 5.98. The van der Waals surface area contributed by atoms with E-state index < -0.39 is 11.4 Å². The number of rotatable bonds is 6. The van der Waals surface area contributed by atoms with Gasteiger partial charge in [0.15, 0.2) is 0 Å². The van der Waals surface area contributed by atoms with Crippen molar-refractivity contribution in [2.75, 3.05) is 0 Å². The number of carbonyl (C=O) groups is 2. The molecule has 0 aliphatic carbocycles. The molecular formula is C29H30O4. The Balaban J connectivity index is 1.79. The van der Waals surface area contributed by atoms with E-state index in [-0.39, 0.29) is 5.97 Å². The van der Waals surface area contributed by atoms with Crippen molar-refractivity contribution in [1.29, 1.82) is 0 Å². The fourth-order valence-electron chi connectivity index (χ4n) is 3.22. The number of esters is 2. The van der Waals surface area contributed by atoms with Crippen molar-refractivity contribution in [1.82, 2.24) is 0 Å². The summed E-state index contributed by atoms with van der Waals surface area (Å²) in [7, 11) is 0. The van der Waals surface area contributed by atoms with Crippen LogP contribution in [0.2, 0.25) is 0 Å². The van der Waals surface area contributed by atoms with Gasteiger partial charge in [-0.1, -0.05) is 56.0 Å². The van der Waals surface area contributed by atoms with Crippen molar-refractivity contribution >= 4 is 11.9 Å². The zero-order valence-electron chi connectivity index (χ0n) is 19.9. The predicted molar refractivity (Wildman–Crippen MR) is 132 cm³/mol. The maximum atomic E-state index is 12.2. The molecule has 4 heteroatoms. The van der Waals surface area contributed by atoms with Crippen molar-refractivity contribution in [2.45, 2.75) is 41.0 Å².